The van der Waals surface area contributed by atoms with E-state index in [4.69, 9.17) is 14.5 Å². The van der Waals surface area contributed by atoms with Gasteiger partial charge < -0.3 is 14.5 Å². The Morgan fingerprint density at radius 1 is 0.750 bits per heavy atom. The smallest absolute Gasteiger partial charge is 0.107 e. The molecule has 0 fully saturated rings. The zero-order chi connectivity index (χ0) is 19.4. The molecule has 0 unspecified atom stereocenters. The van der Waals surface area contributed by atoms with Gasteiger partial charge in [-0.25, -0.2) is 4.98 Å². The van der Waals surface area contributed by atoms with Gasteiger partial charge in [-0.2, -0.15) is 0 Å². The summed E-state index contributed by atoms with van der Waals surface area (Å²) in [4.78, 5) is 8.49. The second-order valence-electron chi connectivity index (χ2n) is 6.91. The maximum Gasteiger partial charge on any atom is 0.107 e. The van der Waals surface area contributed by atoms with E-state index in [2.05, 4.69) is 53.5 Å². The van der Waals surface area contributed by atoms with Gasteiger partial charge in [-0.1, -0.05) is 67.1 Å². The van der Waals surface area contributed by atoms with Crippen molar-refractivity contribution in [2.24, 2.45) is 0 Å². The van der Waals surface area contributed by atoms with Crippen LogP contribution in [0.25, 0.3) is 22.5 Å². The molecule has 0 saturated heterocycles. The molecular formula is C24H30N2O2. The summed E-state index contributed by atoms with van der Waals surface area (Å²) in [6.45, 7) is 2.38. The molecule has 0 amide bonds. The molecule has 3 rings (SSSR count). The van der Waals surface area contributed by atoms with E-state index in [-0.39, 0.29) is 0 Å². The second-order valence-corrected chi connectivity index (χ2v) is 6.91. The van der Waals surface area contributed by atoms with Gasteiger partial charge >= 0.3 is 0 Å². The van der Waals surface area contributed by atoms with Crippen molar-refractivity contribution in [2.45, 2.75) is 32.1 Å². The lowest BCUT2D eigenvalue weighted by Gasteiger charge is -2.03. The molecule has 0 aliphatic rings. The first-order valence-corrected chi connectivity index (χ1v) is 10.1. The van der Waals surface area contributed by atoms with Crippen LogP contribution in [0.3, 0.4) is 0 Å². The minimum absolute atomic E-state index is 0.770. The number of unbranched alkanes of at least 4 members (excludes halogenated alkanes) is 2. The van der Waals surface area contributed by atoms with Crippen molar-refractivity contribution in [3.05, 3.63) is 66.5 Å². The van der Waals surface area contributed by atoms with E-state index in [0.717, 1.165) is 74.7 Å². The Hall–Kier alpha value is -2.43. The van der Waals surface area contributed by atoms with E-state index in [1.165, 1.54) is 5.56 Å². The van der Waals surface area contributed by atoms with Gasteiger partial charge in [0.05, 0.1) is 11.4 Å². The topological polar surface area (TPSA) is 47.1 Å². The zero-order valence-electron chi connectivity index (χ0n) is 16.7. The van der Waals surface area contributed by atoms with Gasteiger partial charge in [0.1, 0.15) is 5.82 Å². The number of methoxy groups -OCH3 is 1. The molecule has 0 aliphatic heterocycles. The van der Waals surface area contributed by atoms with Gasteiger partial charge in [0.15, 0.2) is 0 Å². The number of ether oxygens (including phenoxy) is 2. The van der Waals surface area contributed by atoms with Crippen LogP contribution in [-0.4, -0.2) is 36.9 Å². The van der Waals surface area contributed by atoms with Crippen LogP contribution in [0.2, 0.25) is 0 Å². The summed E-state index contributed by atoms with van der Waals surface area (Å²) in [6.07, 6.45) is 5.26. The molecule has 28 heavy (non-hydrogen) atoms. The van der Waals surface area contributed by atoms with Crippen molar-refractivity contribution in [1.82, 2.24) is 9.97 Å². The molecule has 148 valence electrons. The average Bonchev–Trinajstić information content (AvgIpc) is 3.18. The SMILES string of the molecule is COCCCOCCCCCc1nc(-c2ccccc2)c(-c2ccccc2)[nH]1. The van der Waals surface area contributed by atoms with Crippen LogP contribution in [0.4, 0.5) is 0 Å². The van der Waals surface area contributed by atoms with Crippen LogP contribution in [0.5, 0.6) is 0 Å². The average molecular weight is 379 g/mol. The normalized spacial score (nSPS) is 11.0. The third-order valence-corrected chi connectivity index (χ3v) is 4.70. The fourth-order valence-corrected chi connectivity index (χ4v) is 3.24. The number of hydrogen-bond acceptors (Lipinski definition) is 3. The van der Waals surface area contributed by atoms with Gasteiger partial charge in [-0.05, 0) is 19.3 Å². The maximum absolute atomic E-state index is 5.62. The van der Waals surface area contributed by atoms with Gasteiger partial charge in [-0.3, -0.25) is 0 Å². The summed E-state index contributed by atoms with van der Waals surface area (Å²) in [7, 11) is 1.72. The minimum Gasteiger partial charge on any atom is -0.385 e. The molecule has 0 spiro atoms. The number of nitrogens with zero attached hydrogens (tertiary/aromatic N) is 1. The van der Waals surface area contributed by atoms with E-state index < -0.39 is 0 Å². The molecule has 1 N–H and O–H groups in total. The summed E-state index contributed by atoms with van der Waals surface area (Å²) in [5, 5.41) is 0. The van der Waals surface area contributed by atoms with Crippen LogP contribution < -0.4 is 0 Å². The first kappa shape index (κ1) is 20.3. The zero-order valence-corrected chi connectivity index (χ0v) is 16.7. The minimum atomic E-state index is 0.770. The molecule has 2 aromatic carbocycles. The molecule has 4 nitrogen and oxygen atoms in total. The lowest BCUT2D eigenvalue weighted by atomic mass is 10.1. The Kier molecular flexibility index (Phi) is 8.28. The van der Waals surface area contributed by atoms with Crippen LogP contribution in [0, 0.1) is 0 Å². The Balaban J connectivity index is 1.56. The van der Waals surface area contributed by atoms with Crippen LogP contribution in [0.1, 0.15) is 31.5 Å². The van der Waals surface area contributed by atoms with Crippen molar-refractivity contribution in [1.29, 1.82) is 0 Å². The number of aromatic amines is 1. The summed E-state index contributed by atoms with van der Waals surface area (Å²) in [5.41, 5.74) is 4.45. The van der Waals surface area contributed by atoms with Gasteiger partial charge in [0, 0.05) is 44.5 Å². The van der Waals surface area contributed by atoms with E-state index in [1.54, 1.807) is 7.11 Å². The quantitative estimate of drug-likeness (QED) is 0.423. The van der Waals surface area contributed by atoms with Crippen LogP contribution in [-0.2, 0) is 15.9 Å². The van der Waals surface area contributed by atoms with Gasteiger partial charge in [0.25, 0.3) is 0 Å². The lowest BCUT2D eigenvalue weighted by Crippen LogP contribution is -2.00. The van der Waals surface area contributed by atoms with Crippen molar-refractivity contribution in [3.8, 4) is 22.5 Å². The number of aromatic nitrogens is 2. The third kappa shape index (κ3) is 6.04. The second kappa shape index (κ2) is 11.4. The lowest BCUT2D eigenvalue weighted by molar-refractivity contribution is 0.100. The van der Waals surface area contributed by atoms with Crippen molar-refractivity contribution in [2.75, 3.05) is 26.9 Å². The number of H-pyrrole nitrogens is 1. The van der Waals surface area contributed by atoms with E-state index in [1.807, 2.05) is 12.1 Å². The van der Waals surface area contributed by atoms with Gasteiger partial charge in [0.2, 0.25) is 0 Å². The Morgan fingerprint density at radius 2 is 1.43 bits per heavy atom. The molecule has 0 atom stereocenters. The van der Waals surface area contributed by atoms with Crippen molar-refractivity contribution >= 4 is 0 Å². The Bertz CT molecular complexity index is 743. The van der Waals surface area contributed by atoms with Crippen LogP contribution >= 0.6 is 0 Å². The number of aryl methyl sites for hydroxylation is 1. The molecule has 1 heterocycles. The van der Waals surface area contributed by atoms with Crippen molar-refractivity contribution < 1.29 is 9.47 Å². The summed E-state index contributed by atoms with van der Waals surface area (Å²) in [5.74, 6) is 1.05. The Morgan fingerprint density at radius 3 is 2.14 bits per heavy atom. The summed E-state index contributed by atoms with van der Waals surface area (Å²) >= 11 is 0. The van der Waals surface area contributed by atoms with Crippen LogP contribution in [0.15, 0.2) is 60.7 Å². The van der Waals surface area contributed by atoms with E-state index in [0.29, 0.717) is 0 Å². The molecule has 1 aromatic heterocycles. The number of benzene rings is 2. The number of nitrogens with one attached hydrogen (secondary N) is 1. The first-order chi connectivity index (χ1) is 13.9. The summed E-state index contributed by atoms with van der Waals surface area (Å²) in [6, 6.07) is 20.8. The predicted molar refractivity (Wildman–Crippen MR) is 114 cm³/mol. The molecule has 0 aliphatic carbocycles. The predicted octanol–water partition coefficient (Wildman–Crippen LogP) is 5.51. The standard InChI is InChI=1S/C24H30N2O2/c1-27-17-11-19-28-18-10-4-9-16-22-25-23(20-12-5-2-6-13-20)24(26-22)21-14-7-3-8-15-21/h2-3,5-8,12-15H,4,9-11,16-19H2,1H3,(H,25,26). The third-order valence-electron chi connectivity index (χ3n) is 4.70. The Labute approximate surface area is 167 Å². The molecule has 4 heteroatoms. The highest BCUT2D eigenvalue weighted by atomic mass is 16.5. The van der Waals surface area contributed by atoms with E-state index >= 15 is 0 Å². The number of hydrogen-bond donors (Lipinski definition) is 1. The molecule has 0 saturated carbocycles. The van der Waals surface area contributed by atoms with E-state index in [9.17, 15) is 0 Å². The molecule has 0 bridgehead atoms. The largest absolute Gasteiger partial charge is 0.385 e. The fraction of sp³-hybridized carbons (Fsp3) is 0.375. The molecule has 3 aromatic rings. The monoisotopic (exact) mass is 378 g/mol. The first-order valence-electron chi connectivity index (χ1n) is 10.1. The maximum atomic E-state index is 5.62. The van der Waals surface area contributed by atoms with Gasteiger partial charge in [-0.15, -0.1) is 0 Å². The number of imidazole rings is 1. The number of rotatable bonds is 12. The molecule has 0 radical (unpaired) electrons. The molecular weight excluding hydrogens is 348 g/mol. The summed E-state index contributed by atoms with van der Waals surface area (Å²) < 4.78 is 10.6. The highest BCUT2D eigenvalue weighted by Gasteiger charge is 2.13. The fourth-order valence-electron chi connectivity index (χ4n) is 3.24. The highest BCUT2D eigenvalue weighted by molar-refractivity contribution is 5.78. The highest BCUT2D eigenvalue weighted by Crippen LogP contribution is 2.30. The van der Waals surface area contributed by atoms with Crippen molar-refractivity contribution in [3.63, 3.8) is 0 Å².